The maximum absolute atomic E-state index is 12.4. The number of anilines is 1. The first-order chi connectivity index (χ1) is 14.0. The molecule has 0 unspecified atom stereocenters. The largest absolute Gasteiger partial charge is 0.465 e. The fraction of sp³-hybridized carbons (Fsp3) is 0.238. The number of esters is 1. The summed E-state index contributed by atoms with van der Waals surface area (Å²) in [6.45, 7) is 2.02. The lowest BCUT2D eigenvalue weighted by molar-refractivity contribution is -0.384. The van der Waals surface area contributed by atoms with Crippen molar-refractivity contribution in [3.63, 3.8) is 0 Å². The molecule has 1 heterocycles. The highest BCUT2D eigenvalue weighted by Crippen LogP contribution is 2.28. The van der Waals surface area contributed by atoms with Crippen LogP contribution in [0.5, 0.6) is 0 Å². The van der Waals surface area contributed by atoms with Crippen molar-refractivity contribution in [3.05, 3.63) is 75.8 Å². The topological polar surface area (TPSA) is 93.0 Å². The van der Waals surface area contributed by atoms with Crippen molar-refractivity contribution in [2.75, 3.05) is 38.2 Å². The van der Waals surface area contributed by atoms with E-state index < -0.39 is 5.97 Å². The molecule has 1 saturated heterocycles. The van der Waals surface area contributed by atoms with Gasteiger partial charge in [-0.15, -0.1) is 0 Å². The minimum atomic E-state index is -0.409. The van der Waals surface area contributed by atoms with E-state index in [-0.39, 0.29) is 16.5 Å². The van der Waals surface area contributed by atoms with Gasteiger partial charge in [-0.25, -0.2) is 4.79 Å². The Morgan fingerprint density at radius 3 is 2.31 bits per heavy atom. The van der Waals surface area contributed by atoms with Crippen molar-refractivity contribution in [3.8, 4) is 0 Å². The number of amides is 1. The lowest BCUT2D eigenvalue weighted by Gasteiger charge is -2.35. The molecule has 0 N–H and O–H groups in total. The Balaban J connectivity index is 1.58. The quantitative estimate of drug-likeness (QED) is 0.334. The number of benzene rings is 2. The molecule has 29 heavy (non-hydrogen) atoms. The second kappa shape index (κ2) is 9.01. The molecule has 0 atom stereocenters. The number of carbonyl (C=O) groups is 2. The normalized spacial score (nSPS) is 14.1. The number of para-hydroxylation sites is 2. The maximum Gasteiger partial charge on any atom is 0.337 e. The van der Waals surface area contributed by atoms with Crippen molar-refractivity contribution >= 4 is 29.3 Å². The van der Waals surface area contributed by atoms with Crippen LogP contribution in [0.25, 0.3) is 6.08 Å². The van der Waals surface area contributed by atoms with Gasteiger partial charge >= 0.3 is 5.97 Å². The summed E-state index contributed by atoms with van der Waals surface area (Å²) in [5, 5.41) is 11.2. The van der Waals surface area contributed by atoms with Crippen LogP contribution in [-0.2, 0) is 9.53 Å². The Morgan fingerprint density at radius 2 is 1.69 bits per heavy atom. The van der Waals surface area contributed by atoms with Gasteiger partial charge in [0, 0.05) is 38.3 Å². The fourth-order valence-corrected chi connectivity index (χ4v) is 3.17. The van der Waals surface area contributed by atoms with E-state index in [0.29, 0.717) is 37.4 Å². The number of methoxy groups -OCH3 is 1. The van der Waals surface area contributed by atoms with E-state index in [1.165, 1.54) is 19.3 Å². The van der Waals surface area contributed by atoms with Crippen molar-refractivity contribution in [2.45, 2.75) is 0 Å². The van der Waals surface area contributed by atoms with E-state index in [9.17, 15) is 19.7 Å². The zero-order chi connectivity index (χ0) is 20.8. The summed E-state index contributed by atoms with van der Waals surface area (Å²) >= 11 is 0. The molecule has 1 aliphatic rings. The molecule has 1 aliphatic heterocycles. The van der Waals surface area contributed by atoms with Gasteiger partial charge in [0.15, 0.2) is 0 Å². The van der Waals surface area contributed by atoms with Crippen molar-refractivity contribution in [1.82, 2.24) is 4.90 Å². The Kier molecular flexibility index (Phi) is 6.23. The molecule has 8 heteroatoms. The molecular weight excluding hydrogens is 374 g/mol. The van der Waals surface area contributed by atoms with Crippen LogP contribution in [0.4, 0.5) is 11.4 Å². The molecule has 0 saturated carbocycles. The first-order valence-electron chi connectivity index (χ1n) is 9.13. The second-order valence-electron chi connectivity index (χ2n) is 6.51. The number of nitrogens with zero attached hydrogens (tertiary/aromatic N) is 3. The van der Waals surface area contributed by atoms with Crippen LogP contribution in [0.3, 0.4) is 0 Å². The molecule has 2 aromatic rings. The molecule has 150 valence electrons. The molecule has 0 aromatic heterocycles. The number of nitro groups is 1. The zero-order valence-electron chi connectivity index (χ0n) is 16.0. The summed E-state index contributed by atoms with van der Waals surface area (Å²) in [6.07, 6.45) is 3.19. The average molecular weight is 395 g/mol. The highest BCUT2D eigenvalue weighted by molar-refractivity contribution is 5.92. The van der Waals surface area contributed by atoms with Gasteiger partial charge in [-0.2, -0.15) is 0 Å². The third kappa shape index (κ3) is 4.78. The Bertz CT molecular complexity index is 932. The van der Waals surface area contributed by atoms with Crippen LogP contribution in [0.1, 0.15) is 15.9 Å². The predicted molar refractivity (Wildman–Crippen MR) is 109 cm³/mol. The molecule has 1 fully saturated rings. The Morgan fingerprint density at radius 1 is 1.03 bits per heavy atom. The Labute approximate surface area is 168 Å². The minimum absolute atomic E-state index is 0.0718. The molecule has 0 bridgehead atoms. The monoisotopic (exact) mass is 395 g/mol. The molecule has 3 rings (SSSR count). The third-order valence-electron chi connectivity index (χ3n) is 4.76. The smallest absolute Gasteiger partial charge is 0.337 e. The van der Waals surface area contributed by atoms with Crippen LogP contribution >= 0.6 is 0 Å². The zero-order valence-corrected chi connectivity index (χ0v) is 16.0. The highest BCUT2D eigenvalue weighted by Gasteiger charge is 2.24. The van der Waals surface area contributed by atoms with Gasteiger partial charge in [-0.3, -0.25) is 14.9 Å². The summed E-state index contributed by atoms with van der Waals surface area (Å²) < 4.78 is 4.66. The van der Waals surface area contributed by atoms with Gasteiger partial charge in [0.2, 0.25) is 5.91 Å². The summed E-state index contributed by atoms with van der Waals surface area (Å²) in [5.41, 5.74) is 1.89. The van der Waals surface area contributed by atoms with Crippen LogP contribution in [0, 0.1) is 10.1 Å². The van der Waals surface area contributed by atoms with E-state index >= 15 is 0 Å². The number of piperazine rings is 1. The lowest BCUT2D eigenvalue weighted by Crippen LogP contribution is -2.48. The first-order valence-corrected chi connectivity index (χ1v) is 9.13. The molecular formula is C21H21N3O5. The number of nitro benzene ring substituents is 1. The van der Waals surface area contributed by atoms with Crippen molar-refractivity contribution in [2.24, 2.45) is 0 Å². The number of rotatable bonds is 5. The third-order valence-corrected chi connectivity index (χ3v) is 4.76. The summed E-state index contributed by atoms with van der Waals surface area (Å²) in [4.78, 5) is 38.4. The predicted octanol–water partition coefficient (Wildman–Crippen LogP) is 2.74. The number of hydrogen-bond donors (Lipinski definition) is 0. The van der Waals surface area contributed by atoms with Gasteiger partial charge in [0.05, 0.1) is 17.6 Å². The van der Waals surface area contributed by atoms with Gasteiger partial charge in [0.25, 0.3) is 5.69 Å². The van der Waals surface area contributed by atoms with E-state index in [1.54, 1.807) is 53.4 Å². The fourth-order valence-electron chi connectivity index (χ4n) is 3.17. The van der Waals surface area contributed by atoms with E-state index in [2.05, 4.69) is 4.74 Å². The summed E-state index contributed by atoms with van der Waals surface area (Å²) in [7, 11) is 1.32. The molecule has 1 amide bonds. The average Bonchev–Trinajstić information content (AvgIpc) is 2.77. The lowest BCUT2D eigenvalue weighted by atomic mass is 10.1. The van der Waals surface area contributed by atoms with Crippen LogP contribution in [0.15, 0.2) is 54.6 Å². The summed E-state index contributed by atoms with van der Waals surface area (Å²) in [6, 6.07) is 13.4. The van der Waals surface area contributed by atoms with Crippen LogP contribution < -0.4 is 4.90 Å². The van der Waals surface area contributed by atoms with Gasteiger partial charge in [0.1, 0.15) is 5.69 Å². The maximum atomic E-state index is 12.4. The molecule has 0 spiro atoms. The number of carbonyl (C=O) groups excluding carboxylic acids is 2. The van der Waals surface area contributed by atoms with Gasteiger partial charge in [-0.05, 0) is 29.8 Å². The van der Waals surface area contributed by atoms with Gasteiger partial charge in [-0.1, -0.05) is 24.3 Å². The SMILES string of the molecule is COC(=O)c1ccc(/C=C/C(=O)N2CCN(c3ccccc3[N+](=O)[O-])CC2)cc1. The van der Waals surface area contributed by atoms with Crippen LogP contribution in [-0.4, -0.2) is 55.0 Å². The van der Waals surface area contributed by atoms with Crippen LogP contribution in [0.2, 0.25) is 0 Å². The highest BCUT2D eigenvalue weighted by atomic mass is 16.6. The van der Waals surface area contributed by atoms with E-state index in [1.807, 2.05) is 4.90 Å². The molecule has 0 radical (unpaired) electrons. The molecule has 0 aliphatic carbocycles. The Hall–Kier alpha value is -3.68. The number of hydrogen-bond acceptors (Lipinski definition) is 6. The second-order valence-corrected chi connectivity index (χ2v) is 6.51. The van der Waals surface area contributed by atoms with Crippen molar-refractivity contribution < 1.29 is 19.2 Å². The standard InChI is InChI=1S/C21H21N3O5/c1-29-21(26)17-9-6-16(7-10-17)8-11-20(25)23-14-12-22(13-15-23)18-4-2-3-5-19(18)24(27)28/h2-11H,12-15H2,1H3/b11-8+. The van der Waals surface area contributed by atoms with Gasteiger partial charge < -0.3 is 14.5 Å². The first kappa shape index (κ1) is 20.1. The van der Waals surface area contributed by atoms with E-state index in [0.717, 1.165) is 5.56 Å². The molecule has 8 nitrogen and oxygen atoms in total. The molecule has 2 aromatic carbocycles. The van der Waals surface area contributed by atoms with E-state index in [4.69, 9.17) is 0 Å². The van der Waals surface area contributed by atoms with Crippen molar-refractivity contribution in [1.29, 1.82) is 0 Å². The minimum Gasteiger partial charge on any atom is -0.465 e. The summed E-state index contributed by atoms with van der Waals surface area (Å²) in [5.74, 6) is -0.530. The number of ether oxygens (including phenoxy) is 1.